The van der Waals surface area contributed by atoms with Crippen molar-refractivity contribution in [2.75, 3.05) is 0 Å². The van der Waals surface area contributed by atoms with Crippen molar-refractivity contribution >= 4 is 44.3 Å². The van der Waals surface area contributed by atoms with Gasteiger partial charge < -0.3 is 10.2 Å². The van der Waals surface area contributed by atoms with Gasteiger partial charge in [0.25, 0.3) is 0 Å². The Hall–Kier alpha value is -0.770. The van der Waals surface area contributed by atoms with Crippen LogP contribution in [-0.4, -0.2) is 10.2 Å². The van der Waals surface area contributed by atoms with Crippen LogP contribution in [0.4, 0.5) is 0 Å². The summed E-state index contributed by atoms with van der Waals surface area (Å²) in [4.78, 5) is 0. The number of hydrogen-bond donors (Lipinski definition) is 2. The minimum atomic E-state index is -0.511. The van der Waals surface area contributed by atoms with E-state index in [4.69, 9.17) is 12.2 Å². The molecule has 1 aromatic heterocycles. The van der Waals surface area contributed by atoms with Crippen LogP contribution in [0.5, 0.6) is 0 Å². The molecule has 6 atom stereocenters. The Bertz CT molecular complexity index is 818. The molecule has 2 aromatic rings. The third kappa shape index (κ3) is 1.57. The van der Waals surface area contributed by atoms with E-state index in [9.17, 15) is 10.2 Å². The van der Waals surface area contributed by atoms with Crippen LogP contribution in [0, 0.1) is 38.6 Å². The second-order valence-corrected chi connectivity index (χ2v) is 9.45. The highest BCUT2D eigenvalue weighted by Crippen LogP contribution is 2.59. The van der Waals surface area contributed by atoms with Gasteiger partial charge >= 0.3 is 0 Å². The van der Waals surface area contributed by atoms with Gasteiger partial charge in [-0.15, -0.1) is 22.7 Å². The Morgan fingerprint density at radius 1 is 0.952 bits per heavy atom. The minimum absolute atomic E-state index is 0.0859. The third-order valence-electron chi connectivity index (χ3n) is 5.24. The van der Waals surface area contributed by atoms with Gasteiger partial charge in [0.15, 0.2) is 0 Å². The van der Waals surface area contributed by atoms with E-state index in [1.807, 2.05) is 12.1 Å². The normalized spacial score (nSPS) is 39.0. The molecule has 2 bridgehead atoms. The second-order valence-electron chi connectivity index (χ2n) is 6.16. The van der Waals surface area contributed by atoms with Gasteiger partial charge in [-0.1, -0.05) is 24.1 Å². The van der Waals surface area contributed by atoms with E-state index < -0.39 is 12.2 Å². The van der Waals surface area contributed by atoms with E-state index in [2.05, 4.69) is 11.8 Å². The second kappa shape index (κ2) is 4.15. The van der Waals surface area contributed by atoms with Crippen LogP contribution >= 0.6 is 34.9 Å². The van der Waals surface area contributed by atoms with E-state index in [0.717, 1.165) is 30.1 Å². The largest absolute Gasteiger partial charge is 0.388 e. The molecule has 0 radical (unpaired) electrons. The van der Waals surface area contributed by atoms with E-state index >= 15 is 0 Å². The fraction of sp³-hybridized carbons (Fsp3) is 0.438. The lowest BCUT2D eigenvalue weighted by Gasteiger charge is -2.40. The summed E-state index contributed by atoms with van der Waals surface area (Å²) in [5.74, 6) is 7.15. The summed E-state index contributed by atoms with van der Waals surface area (Å²) in [5.41, 5.74) is 1.77. The molecule has 1 aromatic carbocycles. The maximum atomic E-state index is 10.8. The summed E-state index contributed by atoms with van der Waals surface area (Å²) < 4.78 is 3.12. The lowest BCUT2D eigenvalue weighted by atomic mass is 9.68. The Kier molecular flexibility index (Phi) is 2.52. The maximum absolute atomic E-state index is 10.8. The first-order valence-electron chi connectivity index (χ1n) is 7.08. The van der Waals surface area contributed by atoms with Gasteiger partial charge in [-0.3, -0.25) is 0 Å². The number of fused-ring (bicyclic) bond motifs is 7. The molecule has 2 N–H and O–H groups in total. The molecule has 0 saturated heterocycles. The lowest BCUT2D eigenvalue weighted by molar-refractivity contribution is -0.0176. The highest BCUT2D eigenvalue weighted by molar-refractivity contribution is 7.77. The van der Waals surface area contributed by atoms with Crippen molar-refractivity contribution in [1.29, 1.82) is 0 Å². The molecule has 1 saturated carbocycles. The number of aliphatic hydroxyl groups excluding tert-OH is 2. The van der Waals surface area contributed by atoms with E-state index in [1.54, 1.807) is 22.7 Å². The van der Waals surface area contributed by atoms with Gasteiger partial charge in [0.05, 0.1) is 12.2 Å². The molecule has 21 heavy (non-hydrogen) atoms. The molecule has 5 heteroatoms. The highest BCUT2D eigenvalue weighted by atomic mass is 32.2. The van der Waals surface area contributed by atoms with Crippen LogP contribution < -0.4 is 0 Å². The zero-order chi connectivity index (χ0) is 14.3. The van der Waals surface area contributed by atoms with Crippen LogP contribution in [0.15, 0.2) is 12.1 Å². The van der Waals surface area contributed by atoms with Crippen molar-refractivity contribution in [2.45, 2.75) is 18.6 Å². The minimum Gasteiger partial charge on any atom is -0.388 e. The van der Waals surface area contributed by atoms with E-state index in [1.165, 1.54) is 0 Å². The summed E-state index contributed by atoms with van der Waals surface area (Å²) in [6.07, 6.45) is -0.0452. The molecule has 1 fully saturated rings. The third-order valence-corrected chi connectivity index (χ3v) is 7.82. The zero-order valence-corrected chi connectivity index (χ0v) is 13.4. The van der Waals surface area contributed by atoms with Gasteiger partial charge in [0.1, 0.15) is 3.14 Å². The van der Waals surface area contributed by atoms with Crippen LogP contribution in [0.1, 0.15) is 29.8 Å². The average molecular weight is 332 g/mol. The van der Waals surface area contributed by atoms with Gasteiger partial charge in [-0.2, -0.15) is 0 Å². The number of rotatable bonds is 0. The molecule has 3 aliphatic rings. The van der Waals surface area contributed by atoms with Crippen molar-refractivity contribution in [2.24, 2.45) is 23.7 Å². The maximum Gasteiger partial charge on any atom is 0.144 e. The van der Waals surface area contributed by atoms with Crippen molar-refractivity contribution in [1.82, 2.24) is 0 Å². The molecule has 0 aliphatic heterocycles. The molecule has 0 spiro atoms. The quantitative estimate of drug-likeness (QED) is 0.571. The van der Waals surface area contributed by atoms with E-state index in [0.29, 0.717) is 0 Å². The molecular weight excluding hydrogens is 320 g/mol. The lowest BCUT2D eigenvalue weighted by Crippen LogP contribution is -2.35. The first-order valence-corrected chi connectivity index (χ1v) is 9.12. The predicted octanol–water partition coefficient (Wildman–Crippen LogP) is 3.66. The standard InChI is InChI=1S/C16H12O2S3/c17-14-8-4-10-11(21-16(19)20-10)5-9(8)15(18)13-7-2-1-6(3-7)12(13)14/h4-7,12-15,17-18H,3H2. The molecule has 6 unspecified atom stereocenters. The van der Waals surface area contributed by atoms with Crippen molar-refractivity contribution < 1.29 is 10.2 Å². The fourth-order valence-corrected chi connectivity index (χ4v) is 6.93. The van der Waals surface area contributed by atoms with Gasteiger partial charge in [0, 0.05) is 33.1 Å². The summed E-state index contributed by atoms with van der Waals surface area (Å²) >= 11 is 8.43. The van der Waals surface area contributed by atoms with Crippen molar-refractivity contribution in [3.05, 3.63) is 26.4 Å². The molecule has 0 amide bonds. The van der Waals surface area contributed by atoms with Crippen LogP contribution in [0.25, 0.3) is 9.40 Å². The molecule has 5 rings (SSSR count). The Balaban J connectivity index is 1.76. The first-order chi connectivity index (χ1) is 10.1. The highest BCUT2D eigenvalue weighted by Gasteiger charge is 2.54. The molecule has 106 valence electrons. The predicted molar refractivity (Wildman–Crippen MR) is 86.8 cm³/mol. The summed E-state index contributed by atoms with van der Waals surface area (Å²) in [5, 5.41) is 21.7. The molecular formula is C16H12O2S3. The molecule has 1 heterocycles. The van der Waals surface area contributed by atoms with Gasteiger partial charge in [-0.25, -0.2) is 0 Å². The Morgan fingerprint density at radius 2 is 1.43 bits per heavy atom. The van der Waals surface area contributed by atoms with Crippen molar-refractivity contribution in [3.63, 3.8) is 0 Å². The zero-order valence-electron chi connectivity index (χ0n) is 10.9. The topological polar surface area (TPSA) is 40.5 Å². The van der Waals surface area contributed by atoms with Crippen LogP contribution in [0.2, 0.25) is 0 Å². The average Bonchev–Trinajstić information content (AvgIpc) is 3.14. The smallest absolute Gasteiger partial charge is 0.144 e. The monoisotopic (exact) mass is 332 g/mol. The Morgan fingerprint density at radius 3 is 1.90 bits per heavy atom. The van der Waals surface area contributed by atoms with Gasteiger partial charge in [-0.05, 0) is 29.7 Å². The Labute approximate surface area is 135 Å². The van der Waals surface area contributed by atoms with E-state index in [-0.39, 0.29) is 23.7 Å². The SMILES string of the molecule is OC1c2cc3sc(=S)sc3cc2C(O)C2C3C#CC(C3)C12. The first kappa shape index (κ1) is 12.7. The van der Waals surface area contributed by atoms with Gasteiger partial charge in [0.2, 0.25) is 0 Å². The summed E-state index contributed by atoms with van der Waals surface area (Å²) in [7, 11) is 0. The number of aliphatic hydroxyl groups is 2. The molecule has 2 nitrogen and oxygen atoms in total. The number of hydrogen-bond acceptors (Lipinski definition) is 5. The van der Waals surface area contributed by atoms with Crippen LogP contribution in [0.3, 0.4) is 0 Å². The van der Waals surface area contributed by atoms with Crippen molar-refractivity contribution in [3.8, 4) is 11.8 Å². The summed E-state index contributed by atoms with van der Waals surface area (Å²) in [6.45, 7) is 0. The fourth-order valence-electron chi connectivity index (χ4n) is 4.39. The summed E-state index contributed by atoms with van der Waals surface area (Å²) in [6, 6.07) is 4.07. The number of benzene rings is 1. The molecule has 3 aliphatic carbocycles. The van der Waals surface area contributed by atoms with Crippen LogP contribution in [-0.2, 0) is 0 Å².